The predicted octanol–water partition coefficient (Wildman–Crippen LogP) is 0.958. The molecule has 3 amide bonds. The van der Waals surface area contributed by atoms with Crippen molar-refractivity contribution >= 4 is 17.6 Å². The van der Waals surface area contributed by atoms with Gasteiger partial charge in [-0.25, -0.2) is 4.79 Å². The zero-order valence-electron chi connectivity index (χ0n) is 12.4. The number of hydrogen-bond acceptors (Lipinski definition) is 3. The lowest BCUT2D eigenvalue weighted by Gasteiger charge is -2.30. The second kappa shape index (κ2) is 6.36. The van der Waals surface area contributed by atoms with Crippen molar-refractivity contribution in [1.82, 2.24) is 10.2 Å². The van der Waals surface area contributed by atoms with Gasteiger partial charge < -0.3 is 20.2 Å². The molecule has 2 saturated heterocycles. The Bertz CT molecular complexity index is 541. The van der Waals surface area contributed by atoms with Gasteiger partial charge in [-0.2, -0.15) is 0 Å². The number of aliphatic hydroxyl groups excluding tert-OH is 1. The Hall–Kier alpha value is -2.08. The molecule has 0 bridgehead atoms. The smallest absolute Gasteiger partial charge is 0.317 e. The molecule has 0 aliphatic carbocycles. The number of anilines is 1. The molecule has 118 valence electrons. The van der Waals surface area contributed by atoms with Gasteiger partial charge in [0, 0.05) is 31.7 Å². The molecule has 6 heteroatoms. The van der Waals surface area contributed by atoms with Gasteiger partial charge in [0.25, 0.3) is 0 Å². The van der Waals surface area contributed by atoms with E-state index in [1.807, 2.05) is 30.3 Å². The van der Waals surface area contributed by atoms with Gasteiger partial charge in [0.1, 0.15) is 0 Å². The van der Waals surface area contributed by atoms with E-state index in [0.29, 0.717) is 38.9 Å². The molecule has 22 heavy (non-hydrogen) atoms. The second-order valence-electron chi connectivity index (χ2n) is 5.91. The van der Waals surface area contributed by atoms with Crippen LogP contribution in [-0.4, -0.2) is 53.7 Å². The zero-order chi connectivity index (χ0) is 15.5. The van der Waals surface area contributed by atoms with Crippen molar-refractivity contribution in [1.29, 1.82) is 0 Å². The number of carbonyl (C=O) groups is 2. The maximum absolute atomic E-state index is 12.2. The lowest BCUT2D eigenvalue weighted by molar-refractivity contribution is -0.117. The molecule has 6 nitrogen and oxygen atoms in total. The molecule has 2 aliphatic rings. The van der Waals surface area contributed by atoms with Crippen LogP contribution >= 0.6 is 0 Å². The molecular formula is C16H21N3O3. The monoisotopic (exact) mass is 303 g/mol. The van der Waals surface area contributed by atoms with E-state index < -0.39 is 0 Å². The third kappa shape index (κ3) is 3.22. The van der Waals surface area contributed by atoms with Gasteiger partial charge >= 0.3 is 6.03 Å². The van der Waals surface area contributed by atoms with E-state index in [1.54, 1.807) is 9.80 Å². The second-order valence-corrected chi connectivity index (χ2v) is 5.91. The summed E-state index contributed by atoms with van der Waals surface area (Å²) in [7, 11) is 0. The quantitative estimate of drug-likeness (QED) is 0.854. The van der Waals surface area contributed by atoms with E-state index in [9.17, 15) is 14.7 Å². The predicted molar refractivity (Wildman–Crippen MR) is 82.5 cm³/mol. The van der Waals surface area contributed by atoms with Crippen LogP contribution < -0.4 is 10.2 Å². The van der Waals surface area contributed by atoms with Crippen molar-refractivity contribution in [2.24, 2.45) is 0 Å². The van der Waals surface area contributed by atoms with Crippen LogP contribution in [0.1, 0.15) is 19.3 Å². The van der Waals surface area contributed by atoms with Gasteiger partial charge in [0.2, 0.25) is 5.91 Å². The molecule has 2 fully saturated rings. The molecule has 0 aromatic heterocycles. The number of piperidine rings is 1. The van der Waals surface area contributed by atoms with Crippen LogP contribution in [0, 0.1) is 0 Å². The number of nitrogens with one attached hydrogen (secondary N) is 1. The number of nitrogens with zero attached hydrogens (tertiary/aromatic N) is 2. The van der Waals surface area contributed by atoms with Crippen molar-refractivity contribution in [2.45, 2.75) is 31.4 Å². The fourth-order valence-corrected chi connectivity index (χ4v) is 3.00. The average Bonchev–Trinajstić information content (AvgIpc) is 2.89. The van der Waals surface area contributed by atoms with Crippen molar-refractivity contribution in [2.75, 3.05) is 24.5 Å². The van der Waals surface area contributed by atoms with Crippen molar-refractivity contribution < 1.29 is 14.7 Å². The van der Waals surface area contributed by atoms with Gasteiger partial charge in [-0.15, -0.1) is 0 Å². The first-order chi connectivity index (χ1) is 10.6. The number of benzene rings is 1. The molecule has 1 aromatic rings. The lowest BCUT2D eigenvalue weighted by atomic mass is 10.1. The number of likely N-dealkylation sites (tertiary alicyclic amines) is 1. The summed E-state index contributed by atoms with van der Waals surface area (Å²) in [6.45, 7) is 1.64. The number of hydrogen-bond donors (Lipinski definition) is 2. The summed E-state index contributed by atoms with van der Waals surface area (Å²) in [6, 6.07) is 9.20. The fraction of sp³-hybridized carbons (Fsp3) is 0.500. The highest BCUT2D eigenvalue weighted by molar-refractivity contribution is 5.96. The van der Waals surface area contributed by atoms with Gasteiger partial charge in [0.15, 0.2) is 0 Å². The molecule has 0 spiro atoms. The van der Waals surface area contributed by atoms with Crippen LogP contribution in [0.2, 0.25) is 0 Å². The summed E-state index contributed by atoms with van der Waals surface area (Å²) in [5.41, 5.74) is 0.866. The third-order valence-corrected chi connectivity index (χ3v) is 4.27. The standard InChI is InChI=1S/C16H21N3O3/c20-14-6-8-18(9-7-14)16(22)17-12-10-15(21)19(11-12)13-4-2-1-3-5-13/h1-5,12,14,20H,6-11H2,(H,17,22). The van der Waals surface area contributed by atoms with E-state index in [-0.39, 0.29) is 24.1 Å². The Kier molecular flexibility index (Phi) is 4.29. The highest BCUT2D eigenvalue weighted by Crippen LogP contribution is 2.21. The first kappa shape index (κ1) is 14.8. The Morgan fingerprint density at radius 1 is 1.18 bits per heavy atom. The lowest BCUT2D eigenvalue weighted by Crippen LogP contribution is -2.49. The number of amides is 3. The first-order valence-electron chi connectivity index (χ1n) is 7.72. The van der Waals surface area contributed by atoms with Crippen molar-refractivity contribution in [3.63, 3.8) is 0 Å². The van der Waals surface area contributed by atoms with E-state index in [2.05, 4.69) is 5.32 Å². The van der Waals surface area contributed by atoms with E-state index in [1.165, 1.54) is 0 Å². The van der Waals surface area contributed by atoms with Gasteiger partial charge in [-0.3, -0.25) is 4.79 Å². The Morgan fingerprint density at radius 3 is 2.55 bits per heavy atom. The highest BCUT2D eigenvalue weighted by Gasteiger charge is 2.32. The van der Waals surface area contributed by atoms with Crippen LogP contribution in [0.4, 0.5) is 10.5 Å². The number of para-hydroxylation sites is 1. The minimum absolute atomic E-state index is 0.0329. The van der Waals surface area contributed by atoms with Crippen molar-refractivity contribution in [3.8, 4) is 0 Å². The Labute approximate surface area is 129 Å². The van der Waals surface area contributed by atoms with E-state index in [4.69, 9.17) is 0 Å². The molecular weight excluding hydrogens is 282 g/mol. The Morgan fingerprint density at radius 2 is 1.86 bits per heavy atom. The summed E-state index contributed by atoms with van der Waals surface area (Å²) in [6.07, 6.45) is 1.27. The summed E-state index contributed by atoms with van der Waals surface area (Å²) in [5.74, 6) is 0.0329. The summed E-state index contributed by atoms with van der Waals surface area (Å²) in [4.78, 5) is 27.8. The van der Waals surface area contributed by atoms with E-state index in [0.717, 1.165) is 5.69 Å². The number of rotatable bonds is 2. The maximum atomic E-state index is 12.2. The summed E-state index contributed by atoms with van der Waals surface area (Å²) < 4.78 is 0. The molecule has 1 aromatic carbocycles. The normalized spacial score (nSPS) is 23.0. The molecule has 2 N–H and O–H groups in total. The largest absolute Gasteiger partial charge is 0.393 e. The average molecular weight is 303 g/mol. The number of urea groups is 1. The molecule has 0 radical (unpaired) electrons. The third-order valence-electron chi connectivity index (χ3n) is 4.27. The highest BCUT2D eigenvalue weighted by atomic mass is 16.3. The minimum Gasteiger partial charge on any atom is -0.393 e. The molecule has 1 unspecified atom stereocenters. The maximum Gasteiger partial charge on any atom is 0.317 e. The van der Waals surface area contributed by atoms with Crippen LogP contribution in [0.25, 0.3) is 0 Å². The van der Waals surface area contributed by atoms with Crippen LogP contribution in [0.15, 0.2) is 30.3 Å². The van der Waals surface area contributed by atoms with Gasteiger partial charge in [-0.1, -0.05) is 18.2 Å². The molecule has 1 atom stereocenters. The topological polar surface area (TPSA) is 72.9 Å². The number of aliphatic hydroxyl groups is 1. The van der Waals surface area contributed by atoms with Crippen LogP contribution in [-0.2, 0) is 4.79 Å². The molecule has 2 aliphatic heterocycles. The number of carbonyl (C=O) groups excluding carboxylic acids is 2. The van der Waals surface area contributed by atoms with Crippen LogP contribution in [0.5, 0.6) is 0 Å². The molecule has 2 heterocycles. The SMILES string of the molecule is O=C(NC1CC(=O)N(c2ccccc2)C1)N1CCC(O)CC1. The molecule has 3 rings (SSSR count). The minimum atomic E-state index is -0.300. The van der Waals surface area contributed by atoms with Crippen molar-refractivity contribution in [3.05, 3.63) is 30.3 Å². The summed E-state index contributed by atoms with van der Waals surface area (Å²) >= 11 is 0. The van der Waals surface area contributed by atoms with Gasteiger partial charge in [0.05, 0.1) is 12.1 Å². The van der Waals surface area contributed by atoms with E-state index >= 15 is 0 Å². The van der Waals surface area contributed by atoms with Gasteiger partial charge in [-0.05, 0) is 25.0 Å². The molecule has 0 saturated carbocycles. The fourth-order valence-electron chi connectivity index (χ4n) is 3.00. The first-order valence-corrected chi connectivity index (χ1v) is 7.72. The summed E-state index contributed by atoms with van der Waals surface area (Å²) in [5, 5.41) is 12.4. The zero-order valence-corrected chi connectivity index (χ0v) is 12.4. The van der Waals surface area contributed by atoms with Crippen LogP contribution in [0.3, 0.4) is 0 Å². The Balaban J connectivity index is 1.56.